The van der Waals surface area contributed by atoms with E-state index in [0.717, 1.165) is 6.42 Å². The van der Waals surface area contributed by atoms with Crippen LogP contribution in [-0.4, -0.2) is 24.7 Å². The Morgan fingerprint density at radius 2 is 1.88 bits per heavy atom. The lowest BCUT2D eigenvalue weighted by molar-refractivity contribution is 0.0692. The highest BCUT2D eigenvalue weighted by Crippen LogP contribution is 2.32. The van der Waals surface area contributed by atoms with E-state index in [2.05, 4.69) is 0 Å². The van der Waals surface area contributed by atoms with Gasteiger partial charge in [0.1, 0.15) is 0 Å². The zero-order valence-corrected chi connectivity index (χ0v) is 9.40. The molecule has 1 aromatic rings. The van der Waals surface area contributed by atoms with Gasteiger partial charge in [0.15, 0.2) is 9.84 Å². The summed E-state index contributed by atoms with van der Waals surface area (Å²) in [6.07, 6.45) is 2.17. The van der Waals surface area contributed by atoms with E-state index >= 15 is 0 Å². The van der Waals surface area contributed by atoms with Crippen LogP contribution in [-0.2, 0) is 9.84 Å². The maximum Gasteiger partial charge on any atom is 0.337 e. The normalized spacial score (nSPS) is 16.8. The molecule has 0 aromatic heterocycles. The van der Waals surface area contributed by atoms with Crippen molar-refractivity contribution >= 4 is 15.8 Å². The van der Waals surface area contributed by atoms with Crippen molar-refractivity contribution in [2.24, 2.45) is 0 Å². The summed E-state index contributed by atoms with van der Waals surface area (Å²) >= 11 is 0. The fourth-order valence-electron chi connectivity index (χ4n) is 1.75. The monoisotopic (exact) mass is 240 g/mol. The van der Waals surface area contributed by atoms with Crippen LogP contribution in [0, 0.1) is 0 Å². The number of carbonyl (C=O) groups is 1. The lowest BCUT2D eigenvalue weighted by atomic mass is 10.00. The predicted octanol–water partition coefficient (Wildman–Crippen LogP) is 1.71. The van der Waals surface area contributed by atoms with Gasteiger partial charge in [0.2, 0.25) is 0 Å². The fourth-order valence-corrected chi connectivity index (χ4v) is 3.80. The summed E-state index contributed by atoms with van der Waals surface area (Å²) in [7, 11) is -3.46. The molecule has 1 aliphatic carbocycles. The highest BCUT2D eigenvalue weighted by Gasteiger charge is 2.34. The molecular weight excluding hydrogens is 228 g/mol. The second kappa shape index (κ2) is 3.90. The average Bonchev–Trinajstić information content (AvgIpc) is 2.14. The largest absolute Gasteiger partial charge is 0.478 e. The zero-order valence-electron chi connectivity index (χ0n) is 8.59. The van der Waals surface area contributed by atoms with E-state index in [-0.39, 0.29) is 10.5 Å². The first-order chi connectivity index (χ1) is 7.53. The first-order valence-electron chi connectivity index (χ1n) is 5.09. The van der Waals surface area contributed by atoms with Crippen molar-refractivity contribution in [1.29, 1.82) is 0 Å². The molecule has 1 saturated carbocycles. The van der Waals surface area contributed by atoms with Crippen LogP contribution < -0.4 is 0 Å². The van der Waals surface area contributed by atoms with Crippen LogP contribution in [0.25, 0.3) is 0 Å². The number of carboxylic acid groups (broad SMARTS) is 1. The van der Waals surface area contributed by atoms with Crippen molar-refractivity contribution in [3.05, 3.63) is 29.8 Å². The summed E-state index contributed by atoms with van der Waals surface area (Å²) in [5, 5.41) is 8.54. The number of hydrogen-bond donors (Lipinski definition) is 1. The van der Waals surface area contributed by atoms with Crippen LogP contribution in [0.5, 0.6) is 0 Å². The maximum absolute atomic E-state index is 12.1. The highest BCUT2D eigenvalue weighted by molar-refractivity contribution is 7.92. The minimum atomic E-state index is -3.46. The Kier molecular flexibility index (Phi) is 2.71. The van der Waals surface area contributed by atoms with Gasteiger partial charge in [0.25, 0.3) is 0 Å². The van der Waals surface area contributed by atoms with E-state index in [1.165, 1.54) is 18.2 Å². The number of sulfone groups is 1. The molecule has 0 unspecified atom stereocenters. The Morgan fingerprint density at radius 1 is 1.25 bits per heavy atom. The molecule has 0 aliphatic heterocycles. The SMILES string of the molecule is O=C(O)c1ccccc1S(=O)(=O)C1CCC1. The predicted molar refractivity (Wildman–Crippen MR) is 58.2 cm³/mol. The minimum Gasteiger partial charge on any atom is -0.478 e. The van der Waals surface area contributed by atoms with E-state index in [9.17, 15) is 13.2 Å². The van der Waals surface area contributed by atoms with Gasteiger partial charge in [-0.15, -0.1) is 0 Å². The molecule has 0 atom stereocenters. The van der Waals surface area contributed by atoms with E-state index in [1.807, 2.05) is 0 Å². The molecule has 1 aromatic carbocycles. The van der Waals surface area contributed by atoms with E-state index in [1.54, 1.807) is 6.07 Å². The summed E-state index contributed by atoms with van der Waals surface area (Å²) in [6, 6.07) is 5.78. The van der Waals surface area contributed by atoms with Crippen molar-refractivity contribution in [3.63, 3.8) is 0 Å². The molecule has 5 heteroatoms. The summed E-state index contributed by atoms with van der Waals surface area (Å²) < 4.78 is 24.2. The van der Waals surface area contributed by atoms with Gasteiger partial charge in [0.05, 0.1) is 15.7 Å². The first-order valence-corrected chi connectivity index (χ1v) is 6.64. The summed E-state index contributed by atoms with van der Waals surface area (Å²) in [5.74, 6) is -1.20. The number of rotatable bonds is 3. The van der Waals surface area contributed by atoms with Crippen LogP contribution >= 0.6 is 0 Å². The van der Waals surface area contributed by atoms with Gasteiger partial charge >= 0.3 is 5.97 Å². The number of hydrogen-bond acceptors (Lipinski definition) is 3. The Bertz CT molecular complexity index is 515. The minimum absolute atomic E-state index is 0.0489. The van der Waals surface area contributed by atoms with Gasteiger partial charge in [-0.05, 0) is 25.0 Å². The zero-order chi connectivity index (χ0) is 11.8. The molecule has 0 radical (unpaired) electrons. The van der Waals surface area contributed by atoms with Gasteiger partial charge in [-0.3, -0.25) is 0 Å². The average molecular weight is 240 g/mol. The Balaban J connectivity index is 2.51. The lowest BCUT2D eigenvalue weighted by Crippen LogP contribution is -2.29. The van der Waals surface area contributed by atoms with Gasteiger partial charge in [0, 0.05) is 0 Å². The number of aromatic carboxylic acids is 1. The molecule has 0 heterocycles. The third-order valence-electron chi connectivity index (χ3n) is 2.92. The molecule has 1 fully saturated rings. The Morgan fingerprint density at radius 3 is 2.38 bits per heavy atom. The maximum atomic E-state index is 12.1. The Labute approximate surface area is 93.8 Å². The Hall–Kier alpha value is -1.36. The molecule has 0 spiro atoms. The number of benzene rings is 1. The van der Waals surface area contributed by atoms with Crippen LogP contribution in [0.15, 0.2) is 29.2 Å². The van der Waals surface area contributed by atoms with Crippen LogP contribution in [0.1, 0.15) is 29.6 Å². The van der Waals surface area contributed by atoms with Gasteiger partial charge in [-0.25, -0.2) is 13.2 Å². The van der Waals surface area contributed by atoms with Crippen LogP contribution in [0.4, 0.5) is 0 Å². The molecule has 1 N–H and O–H groups in total. The lowest BCUT2D eigenvalue weighted by Gasteiger charge is -2.25. The number of carboxylic acids is 1. The molecule has 4 nitrogen and oxygen atoms in total. The third-order valence-corrected chi connectivity index (χ3v) is 5.23. The van der Waals surface area contributed by atoms with Gasteiger partial charge < -0.3 is 5.11 Å². The summed E-state index contributed by atoms with van der Waals surface area (Å²) in [6.45, 7) is 0. The second-order valence-corrected chi connectivity index (χ2v) is 6.10. The van der Waals surface area contributed by atoms with Crippen LogP contribution in [0.2, 0.25) is 0 Å². The van der Waals surface area contributed by atoms with Crippen molar-refractivity contribution in [3.8, 4) is 0 Å². The summed E-state index contributed by atoms with van der Waals surface area (Å²) in [4.78, 5) is 10.9. The fraction of sp³-hybridized carbons (Fsp3) is 0.364. The quantitative estimate of drug-likeness (QED) is 0.873. The van der Waals surface area contributed by atoms with E-state index in [4.69, 9.17) is 5.11 Å². The molecular formula is C11H12O4S. The van der Waals surface area contributed by atoms with Crippen molar-refractivity contribution in [2.45, 2.75) is 29.4 Å². The topological polar surface area (TPSA) is 71.4 Å². The van der Waals surface area contributed by atoms with E-state index in [0.29, 0.717) is 12.8 Å². The van der Waals surface area contributed by atoms with Gasteiger partial charge in [-0.2, -0.15) is 0 Å². The summed E-state index contributed by atoms with van der Waals surface area (Å²) in [5.41, 5.74) is -0.130. The molecule has 0 amide bonds. The second-order valence-electron chi connectivity index (χ2n) is 3.90. The standard InChI is InChI=1S/C11H12O4S/c12-11(13)9-6-1-2-7-10(9)16(14,15)8-4-3-5-8/h1-2,6-8H,3-5H2,(H,12,13). The molecule has 2 rings (SSSR count). The van der Waals surface area contributed by atoms with Gasteiger partial charge in [-0.1, -0.05) is 18.6 Å². The molecule has 0 bridgehead atoms. The smallest absolute Gasteiger partial charge is 0.337 e. The molecule has 1 aliphatic rings. The molecule has 86 valence electrons. The highest BCUT2D eigenvalue weighted by atomic mass is 32.2. The first kappa shape index (κ1) is 11.1. The van der Waals surface area contributed by atoms with Crippen molar-refractivity contribution < 1.29 is 18.3 Å². The third kappa shape index (κ3) is 1.71. The molecule has 16 heavy (non-hydrogen) atoms. The van der Waals surface area contributed by atoms with Crippen molar-refractivity contribution in [2.75, 3.05) is 0 Å². The van der Waals surface area contributed by atoms with Crippen molar-refractivity contribution in [1.82, 2.24) is 0 Å². The van der Waals surface area contributed by atoms with Crippen LogP contribution in [0.3, 0.4) is 0 Å². The molecule has 0 saturated heterocycles. The van der Waals surface area contributed by atoms with E-state index < -0.39 is 21.1 Å².